The van der Waals surface area contributed by atoms with E-state index in [-0.39, 0.29) is 12.4 Å². The van der Waals surface area contributed by atoms with Gasteiger partial charge in [-0.1, -0.05) is 11.6 Å². The highest BCUT2D eigenvalue weighted by Crippen LogP contribution is 2.35. The van der Waals surface area contributed by atoms with Crippen LogP contribution in [0.5, 0.6) is 11.5 Å². The molecule has 24 heavy (non-hydrogen) atoms. The predicted molar refractivity (Wildman–Crippen MR) is 91.7 cm³/mol. The van der Waals surface area contributed by atoms with Gasteiger partial charge in [-0.25, -0.2) is 0 Å². The van der Waals surface area contributed by atoms with Gasteiger partial charge in [-0.2, -0.15) is 0 Å². The van der Waals surface area contributed by atoms with Crippen molar-refractivity contribution in [1.29, 1.82) is 0 Å². The van der Waals surface area contributed by atoms with Crippen molar-refractivity contribution in [3.05, 3.63) is 63.4 Å². The quantitative estimate of drug-likeness (QED) is 0.715. The summed E-state index contributed by atoms with van der Waals surface area (Å²) in [5.74, 6) is 1.34. The number of hydrogen-bond donors (Lipinski definition) is 2. The van der Waals surface area contributed by atoms with Crippen LogP contribution in [-0.2, 0) is 0 Å². The van der Waals surface area contributed by atoms with Crippen LogP contribution < -0.4 is 15.0 Å². The Morgan fingerprint density at radius 2 is 1.83 bits per heavy atom. The van der Waals surface area contributed by atoms with Crippen molar-refractivity contribution in [2.45, 2.75) is 0 Å². The van der Waals surface area contributed by atoms with Crippen LogP contribution in [0.2, 0.25) is 5.02 Å². The third-order valence-electron chi connectivity index (χ3n) is 3.65. The molecule has 4 rings (SSSR count). The van der Waals surface area contributed by atoms with E-state index in [1.54, 1.807) is 24.3 Å². The number of fused-ring (bicyclic) bond motifs is 1. The van der Waals surface area contributed by atoms with E-state index in [2.05, 4.69) is 15.2 Å². The Hall–Kier alpha value is -2.99. The van der Waals surface area contributed by atoms with Crippen LogP contribution >= 0.6 is 11.6 Å². The van der Waals surface area contributed by atoms with Crippen molar-refractivity contribution >= 4 is 23.5 Å². The van der Waals surface area contributed by atoms with Crippen LogP contribution in [-0.4, -0.2) is 23.2 Å². The normalized spacial score (nSPS) is 12.9. The van der Waals surface area contributed by atoms with Crippen molar-refractivity contribution in [3.8, 4) is 22.8 Å². The van der Waals surface area contributed by atoms with Gasteiger partial charge in [0, 0.05) is 16.8 Å². The van der Waals surface area contributed by atoms with Gasteiger partial charge in [-0.15, -0.1) is 0 Å². The van der Waals surface area contributed by atoms with Gasteiger partial charge in [-0.3, -0.25) is 20.0 Å². The molecule has 6 nitrogen and oxygen atoms in total. The number of halogens is 1. The molecule has 2 heterocycles. The van der Waals surface area contributed by atoms with Crippen LogP contribution in [0.25, 0.3) is 11.3 Å². The Bertz CT molecular complexity index is 973. The van der Waals surface area contributed by atoms with E-state index in [4.69, 9.17) is 21.1 Å². The Morgan fingerprint density at radius 3 is 2.67 bits per heavy atom. The number of rotatable bonds is 3. The smallest absolute Gasteiger partial charge is 0.273 e. The number of nitrogens with one attached hydrogen (secondary N) is 2. The fraction of sp³-hybridized carbons (Fsp3) is 0.0588. The molecule has 0 radical (unpaired) electrons. The molecule has 1 aliphatic heterocycles. The maximum atomic E-state index is 12.1. The van der Waals surface area contributed by atoms with Gasteiger partial charge in [0.25, 0.3) is 5.56 Å². The van der Waals surface area contributed by atoms with Gasteiger partial charge in [-0.05, 0) is 42.5 Å². The summed E-state index contributed by atoms with van der Waals surface area (Å²) in [7, 11) is 0. The number of aromatic amines is 2. The first kappa shape index (κ1) is 14.6. The van der Waals surface area contributed by atoms with Crippen molar-refractivity contribution in [2.75, 3.05) is 6.79 Å². The molecule has 0 atom stereocenters. The summed E-state index contributed by atoms with van der Waals surface area (Å²) in [4.78, 5) is 16.4. The van der Waals surface area contributed by atoms with Crippen molar-refractivity contribution in [3.63, 3.8) is 0 Å². The van der Waals surface area contributed by atoms with E-state index >= 15 is 0 Å². The lowest BCUT2D eigenvalue weighted by Gasteiger charge is -2.02. The average molecular weight is 342 g/mol. The molecule has 0 spiro atoms. The molecular weight excluding hydrogens is 330 g/mol. The largest absolute Gasteiger partial charge is 0.454 e. The Kier molecular flexibility index (Phi) is 3.59. The van der Waals surface area contributed by atoms with E-state index in [9.17, 15) is 4.79 Å². The van der Waals surface area contributed by atoms with Crippen LogP contribution in [0.3, 0.4) is 0 Å². The van der Waals surface area contributed by atoms with Crippen molar-refractivity contribution in [1.82, 2.24) is 10.2 Å². The lowest BCUT2D eigenvalue weighted by molar-refractivity contribution is 0.174. The van der Waals surface area contributed by atoms with Crippen LogP contribution in [0, 0.1) is 0 Å². The summed E-state index contributed by atoms with van der Waals surface area (Å²) in [6.45, 7) is 0.202. The number of nitrogens with zero attached hydrogens (tertiary/aromatic N) is 1. The topological polar surface area (TPSA) is 79.5 Å². The van der Waals surface area contributed by atoms with Crippen LogP contribution in [0.4, 0.5) is 5.69 Å². The van der Waals surface area contributed by atoms with Gasteiger partial charge >= 0.3 is 0 Å². The first-order valence-corrected chi connectivity index (χ1v) is 7.59. The summed E-state index contributed by atoms with van der Waals surface area (Å²) >= 11 is 5.85. The van der Waals surface area contributed by atoms with E-state index in [0.717, 1.165) is 5.56 Å². The Labute approximate surface area is 141 Å². The fourth-order valence-corrected chi connectivity index (χ4v) is 2.56. The molecule has 2 N–H and O–H groups in total. The molecule has 0 amide bonds. The molecule has 2 aromatic carbocycles. The Balaban J connectivity index is 1.71. The first-order chi connectivity index (χ1) is 11.7. The zero-order valence-corrected chi connectivity index (χ0v) is 13.1. The highest BCUT2D eigenvalue weighted by atomic mass is 35.5. The molecule has 0 saturated heterocycles. The number of benzene rings is 2. The van der Waals surface area contributed by atoms with Gasteiger partial charge in [0.15, 0.2) is 11.5 Å². The van der Waals surface area contributed by atoms with E-state index in [0.29, 0.717) is 33.5 Å². The number of aliphatic imine (C=N–C) groups is 1. The maximum Gasteiger partial charge on any atom is 0.273 e. The monoisotopic (exact) mass is 341 g/mol. The molecule has 0 unspecified atom stereocenters. The van der Waals surface area contributed by atoms with Crippen LogP contribution in [0.1, 0.15) is 5.56 Å². The summed E-state index contributed by atoms with van der Waals surface area (Å²) in [6, 6.07) is 12.5. The second-order valence-corrected chi connectivity index (χ2v) is 5.61. The fourth-order valence-electron chi connectivity index (χ4n) is 2.44. The molecule has 120 valence electrons. The third kappa shape index (κ3) is 2.68. The lowest BCUT2D eigenvalue weighted by Crippen LogP contribution is -2.05. The standard InChI is InChI=1S/C17H12ClN3O3/c18-11-2-4-12(5-3-11)19-8-13-16(20-21-17(13)22)10-1-6-14-15(7-10)24-9-23-14/h1-8H,9H2,(H2,20,21,22). The second kappa shape index (κ2) is 5.90. The molecule has 1 aliphatic rings. The zero-order chi connectivity index (χ0) is 16.5. The zero-order valence-electron chi connectivity index (χ0n) is 12.4. The summed E-state index contributed by atoms with van der Waals surface area (Å²) in [5, 5.41) is 6.10. The SMILES string of the molecule is O=c1[nH][nH]c(-c2ccc3c(c2)OCO3)c1C=Nc1ccc(Cl)cc1. The van der Waals surface area contributed by atoms with Crippen molar-refractivity contribution < 1.29 is 9.47 Å². The average Bonchev–Trinajstić information content (AvgIpc) is 3.20. The molecule has 3 aromatic rings. The maximum absolute atomic E-state index is 12.1. The predicted octanol–water partition coefficient (Wildman–Crippen LogP) is 3.50. The minimum atomic E-state index is -0.250. The van der Waals surface area contributed by atoms with Crippen molar-refractivity contribution in [2.24, 2.45) is 4.99 Å². The second-order valence-electron chi connectivity index (χ2n) is 5.17. The number of ether oxygens (including phenoxy) is 2. The highest BCUT2D eigenvalue weighted by molar-refractivity contribution is 6.30. The van der Waals surface area contributed by atoms with Gasteiger partial charge in [0.1, 0.15) is 0 Å². The summed E-state index contributed by atoms with van der Waals surface area (Å²) in [6.07, 6.45) is 1.53. The molecule has 0 fully saturated rings. The first-order valence-electron chi connectivity index (χ1n) is 7.21. The molecule has 7 heteroatoms. The lowest BCUT2D eigenvalue weighted by atomic mass is 10.1. The van der Waals surface area contributed by atoms with E-state index < -0.39 is 0 Å². The van der Waals surface area contributed by atoms with Gasteiger partial charge < -0.3 is 9.47 Å². The van der Waals surface area contributed by atoms with E-state index in [1.807, 2.05) is 18.2 Å². The summed E-state index contributed by atoms with van der Waals surface area (Å²) < 4.78 is 10.7. The molecule has 0 bridgehead atoms. The minimum Gasteiger partial charge on any atom is -0.454 e. The third-order valence-corrected chi connectivity index (χ3v) is 3.90. The Morgan fingerprint density at radius 1 is 1.04 bits per heavy atom. The minimum absolute atomic E-state index is 0.202. The number of hydrogen-bond acceptors (Lipinski definition) is 4. The highest BCUT2D eigenvalue weighted by Gasteiger charge is 2.16. The van der Waals surface area contributed by atoms with E-state index in [1.165, 1.54) is 6.21 Å². The number of H-pyrrole nitrogens is 2. The number of aromatic nitrogens is 2. The van der Waals surface area contributed by atoms with Crippen LogP contribution in [0.15, 0.2) is 52.3 Å². The molecular formula is C17H12ClN3O3. The molecule has 0 aliphatic carbocycles. The molecule has 1 aromatic heterocycles. The van der Waals surface area contributed by atoms with Gasteiger partial charge in [0.05, 0.1) is 16.9 Å². The summed E-state index contributed by atoms with van der Waals surface area (Å²) in [5.41, 5.74) is 2.33. The van der Waals surface area contributed by atoms with Gasteiger partial charge in [0.2, 0.25) is 6.79 Å². The molecule has 0 saturated carbocycles.